The molecule has 1 aliphatic rings. The molecule has 1 aromatic carbocycles. The van der Waals surface area contributed by atoms with Gasteiger partial charge in [0.25, 0.3) is 0 Å². The van der Waals surface area contributed by atoms with Crippen LogP contribution < -0.4 is 10.2 Å². The number of para-hydroxylation sites is 1. The molecule has 1 amide bonds. The minimum Gasteiger partial charge on any atom is -0.378 e. The molecule has 3 rings (SSSR count). The normalized spacial score (nSPS) is 15.6. The van der Waals surface area contributed by atoms with Crippen LogP contribution in [0.2, 0.25) is 0 Å². The summed E-state index contributed by atoms with van der Waals surface area (Å²) in [4.78, 5) is 14.9. The van der Waals surface area contributed by atoms with Crippen LogP contribution in [0.15, 0.2) is 23.4 Å². The van der Waals surface area contributed by atoms with Gasteiger partial charge in [-0.05, 0) is 38.8 Å². The van der Waals surface area contributed by atoms with Gasteiger partial charge in [0.1, 0.15) is 0 Å². The van der Waals surface area contributed by atoms with Gasteiger partial charge in [-0.25, -0.2) is 0 Å². The number of hydrogen-bond acceptors (Lipinski definition) is 6. The molecule has 8 heteroatoms. The third-order valence-electron chi connectivity index (χ3n) is 4.69. The highest BCUT2D eigenvalue weighted by molar-refractivity contribution is 8.00. The van der Waals surface area contributed by atoms with Crippen molar-refractivity contribution in [1.82, 2.24) is 14.8 Å². The molecule has 1 atom stereocenters. The predicted octanol–water partition coefficient (Wildman–Crippen LogP) is 2.87. The third kappa shape index (κ3) is 4.44. The number of aromatic nitrogens is 3. The number of amides is 1. The lowest BCUT2D eigenvalue weighted by Crippen LogP contribution is -2.38. The number of benzene rings is 1. The largest absolute Gasteiger partial charge is 0.378 e. The van der Waals surface area contributed by atoms with Crippen LogP contribution in [0.25, 0.3) is 0 Å². The highest BCUT2D eigenvalue weighted by Crippen LogP contribution is 2.27. The number of rotatable bonds is 6. The van der Waals surface area contributed by atoms with Crippen LogP contribution in [-0.4, -0.2) is 52.2 Å². The fourth-order valence-electron chi connectivity index (χ4n) is 3.09. The first-order valence-corrected chi connectivity index (χ1v) is 10.2. The van der Waals surface area contributed by atoms with Crippen molar-refractivity contribution in [3.63, 3.8) is 0 Å². The van der Waals surface area contributed by atoms with Crippen molar-refractivity contribution in [2.24, 2.45) is 0 Å². The van der Waals surface area contributed by atoms with E-state index in [4.69, 9.17) is 4.74 Å². The first-order chi connectivity index (χ1) is 13.0. The number of aryl methyl sites for hydroxylation is 2. The molecule has 146 valence electrons. The Hall–Kier alpha value is -2.06. The summed E-state index contributed by atoms with van der Waals surface area (Å²) in [7, 11) is 0. The van der Waals surface area contributed by atoms with E-state index in [0.29, 0.717) is 13.2 Å². The van der Waals surface area contributed by atoms with Gasteiger partial charge in [0.05, 0.1) is 18.5 Å². The molecule has 0 bridgehead atoms. The Balaban J connectivity index is 1.71. The molecule has 0 radical (unpaired) electrons. The number of morpholine rings is 1. The van der Waals surface area contributed by atoms with E-state index in [1.165, 1.54) is 11.8 Å². The molecule has 27 heavy (non-hydrogen) atoms. The maximum absolute atomic E-state index is 12.7. The number of nitrogens with zero attached hydrogens (tertiary/aromatic N) is 4. The monoisotopic (exact) mass is 389 g/mol. The van der Waals surface area contributed by atoms with E-state index in [9.17, 15) is 4.79 Å². The van der Waals surface area contributed by atoms with Crippen molar-refractivity contribution in [1.29, 1.82) is 0 Å². The molecule has 2 aromatic rings. The predicted molar refractivity (Wildman–Crippen MR) is 109 cm³/mol. The Kier molecular flexibility index (Phi) is 6.38. The SMILES string of the molecule is CCn1c(SC(C)C(=O)Nc2c(C)cccc2C)nnc1N1CCOCC1. The summed E-state index contributed by atoms with van der Waals surface area (Å²) >= 11 is 1.44. The highest BCUT2D eigenvalue weighted by atomic mass is 32.2. The molecule has 2 heterocycles. The van der Waals surface area contributed by atoms with Gasteiger partial charge >= 0.3 is 0 Å². The van der Waals surface area contributed by atoms with E-state index in [2.05, 4.69) is 31.9 Å². The first kappa shape index (κ1) is 19.7. The molecule has 1 fully saturated rings. The smallest absolute Gasteiger partial charge is 0.237 e. The van der Waals surface area contributed by atoms with Gasteiger partial charge in [-0.3, -0.25) is 9.36 Å². The zero-order chi connectivity index (χ0) is 19.4. The molecule has 0 saturated carbocycles. The molecular formula is C19H27N5O2S. The van der Waals surface area contributed by atoms with Gasteiger partial charge in [-0.2, -0.15) is 0 Å². The second-order valence-corrected chi connectivity index (χ2v) is 7.95. The zero-order valence-electron chi connectivity index (χ0n) is 16.4. The van der Waals surface area contributed by atoms with Crippen LogP contribution >= 0.6 is 11.8 Å². The van der Waals surface area contributed by atoms with Crippen molar-refractivity contribution >= 4 is 29.3 Å². The van der Waals surface area contributed by atoms with Crippen LogP contribution in [0, 0.1) is 13.8 Å². The Labute approximate surface area is 164 Å². The lowest BCUT2D eigenvalue weighted by atomic mass is 10.1. The maximum atomic E-state index is 12.7. The van der Waals surface area contributed by atoms with Gasteiger partial charge in [0.2, 0.25) is 11.9 Å². The molecule has 1 N–H and O–H groups in total. The number of hydrogen-bond donors (Lipinski definition) is 1. The molecule has 1 unspecified atom stereocenters. The Bertz CT molecular complexity index is 781. The molecular weight excluding hydrogens is 362 g/mol. The zero-order valence-corrected chi connectivity index (χ0v) is 17.2. The minimum atomic E-state index is -0.281. The second kappa shape index (κ2) is 8.75. The molecule has 1 saturated heterocycles. The summed E-state index contributed by atoms with van der Waals surface area (Å²) in [5.74, 6) is 0.821. The number of thioether (sulfide) groups is 1. The second-order valence-electron chi connectivity index (χ2n) is 6.64. The maximum Gasteiger partial charge on any atom is 0.237 e. The van der Waals surface area contributed by atoms with Crippen LogP contribution in [0.3, 0.4) is 0 Å². The molecule has 0 spiro atoms. The summed E-state index contributed by atoms with van der Waals surface area (Å²) in [6, 6.07) is 6.00. The lowest BCUT2D eigenvalue weighted by Gasteiger charge is -2.27. The molecule has 0 aliphatic carbocycles. The summed E-state index contributed by atoms with van der Waals surface area (Å²) in [5.41, 5.74) is 3.01. The summed E-state index contributed by atoms with van der Waals surface area (Å²) < 4.78 is 7.48. The fraction of sp³-hybridized carbons (Fsp3) is 0.526. The van der Waals surface area contributed by atoms with Gasteiger partial charge < -0.3 is 15.0 Å². The highest BCUT2D eigenvalue weighted by Gasteiger charge is 2.23. The van der Waals surface area contributed by atoms with Gasteiger partial charge in [-0.15, -0.1) is 10.2 Å². The van der Waals surface area contributed by atoms with Crippen LogP contribution in [0.1, 0.15) is 25.0 Å². The van der Waals surface area contributed by atoms with Crippen LogP contribution in [0.4, 0.5) is 11.6 Å². The van der Waals surface area contributed by atoms with E-state index in [-0.39, 0.29) is 11.2 Å². The summed E-state index contributed by atoms with van der Waals surface area (Å²) in [5, 5.41) is 12.3. The van der Waals surface area contributed by atoms with Crippen molar-refractivity contribution in [3.8, 4) is 0 Å². The number of ether oxygens (including phenoxy) is 1. The van der Waals surface area contributed by atoms with Gasteiger partial charge in [0.15, 0.2) is 5.16 Å². The van der Waals surface area contributed by atoms with Gasteiger partial charge in [0, 0.05) is 25.3 Å². The quantitative estimate of drug-likeness (QED) is 0.766. The van der Waals surface area contributed by atoms with E-state index >= 15 is 0 Å². The summed E-state index contributed by atoms with van der Waals surface area (Å²) in [6.07, 6.45) is 0. The first-order valence-electron chi connectivity index (χ1n) is 9.31. The van der Waals surface area contributed by atoms with Crippen molar-refractivity contribution < 1.29 is 9.53 Å². The molecule has 1 aliphatic heterocycles. The topological polar surface area (TPSA) is 72.3 Å². The van der Waals surface area contributed by atoms with E-state index < -0.39 is 0 Å². The third-order valence-corrected chi connectivity index (χ3v) is 5.77. The standard InChI is InChI=1S/C19H27N5O2S/c1-5-24-18(23-9-11-26-12-10-23)21-22-19(24)27-15(4)17(25)20-16-13(2)7-6-8-14(16)3/h6-8,15H,5,9-12H2,1-4H3,(H,20,25). The summed E-state index contributed by atoms with van der Waals surface area (Å²) in [6.45, 7) is 11.8. The average molecular weight is 390 g/mol. The number of carbonyl (C=O) groups is 1. The molecule has 7 nitrogen and oxygen atoms in total. The van der Waals surface area contributed by atoms with E-state index in [1.54, 1.807) is 0 Å². The minimum absolute atomic E-state index is 0.0315. The average Bonchev–Trinajstić information content (AvgIpc) is 3.07. The Morgan fingerprint density at radius 3 is 2.56 bits per heavy atom. The number of carbonyl (C=O) groups excluding carboxylic acids is 1. The van der Waals surface area contributed by atoms with Crippen LogP contribution in [0.5, 0.6) is 0 Å². The molecule has 1 aromatic heterocycles. The van der Waals surface area contributed by atoms with Crippen LogP contribution in [-0.2, 0) is 16.1 Å². The Morgan fingerprint density at radius 2 is 1.93 bits per heavy atom. The van der Waals surface area contributed by atoms with Crippen molar-refractivity contribution in [2.75, 3.05) is 36.5 Å². The lowest BCUT2D eigenvalue weighted by molar-refractivity contribution is -0.115. The Morgan fingerprint density at radius 1 is 1.26 bits per heavy atom. The van der Waals surface area contributed by atoms with Gasteiger partial charge in [-0.1, -0.05) is 30.0 Å². The van der Waals surface area contributed by atoms with Crippen molar-refractivity contribution in [2.45, 2.75) is 44.6 Å². The number of nitrogens with one attached hydrogen (secondary N) is 1. The van der Waals surface area contributed by atoms with E-state index in [0.717, 1.165) is 47.6 Å². The van der Waals surface area contributed by atoms with E-state index in [1.807, 2.05) is 39.0 Å². The number of anilines is 2. The van der Waals surface area contributed by atoms with Crippen molar-refractivity contribution in [3.05, 3.63) is 29.3 Å². The fourth-order valence-corrected chi connectivity index (χ4v) is 4.00.